The number of nitrogens with two attached hydrogens (primary N) is 1. The largest absolute Gasteiger partial charge is 0.373 e. The normalized spacial score (nSPS) is 16.1. The Labute approximate surface area is 94.2 Å². The van der Waals surface area contributed by atoms with Gasteiger partial charge in [0.05, 0.1) is 5.75 Å². The molecule has 0 unspecified atom stereocenters. The van der Waals surface area contributed by atoms with Crippen molar-refractivity contribution in [2.75, 3.05) is 18.8 Å². The molecule has 3 N–H and O–H groups in total. The maximum atomic E-state index is 10.9. The summed E-state index contributed by atoms with van der Waals surface area (Å²) in [5.41, 5.74) is 5.60. The fourth-order valence-electron chi connectivity index (χ4n) is 1.37. The summed E-state index contributed by atoms with van der Waals surface area (Å²) < 4.78 is 29.5. The Hall–Kier alpha value is -1.34. The van der Waals surface area contributed by atoms with E-state index in [0.717, 1.165) is 0 Å². The van der Waals surface area contributed by atoms with E-state index in [1.807, 2.05) is 0 Å². The van der Waals surface area contributed by atoms with Gasteiger partial charge in [0, 0.05) is 18.7 Å². The van der Waals surface area contributed by atoms with Gasteiger partial charge in [-0.3, -0.25) is 9.35 Å². The van der Waals surface area contributed by atoms with Crippen LogP contribution in [-0.2, 0) is 14.9 Å². The second kappa shape index (κ2) is 5.13. The summed E-state index contributed by atoms with van der Waals surface area (Å²) in [6, 6.07) is 0. The predicted molar refractivity (Wildman–Crippen MR) is 59.0 cm³/mol. The van der Waals surface area contributed by atoms with E-state index < -0.39 is 16.0 Å². The number of rotatable bonds is 5. The van der Waals surface area contributed by atoms with Crippen molar-refractivity contribution in [1.29, 1.82) is 0 Å². The van der Waals surface area contributed by atoms with Crippen LogP contribution in [0, 0.1) is 0 Å². The second-order valence-corrected chi connectivity index (χ2v) is 5.08. The quantitative estimate of drug-likeness (QED) is 0.637. The molecule has 0 aromatic heterocycles. The molecule has 0 atom stereocenters. The number of hydrogen-bond acceptors (Lipinski definition) is 4. The summed E-state index contributed by atoms with van der Waals surface area (Å²) in [5, 5.41) is 0. The molecule has 6 nitrogen and oxygen atoms in total. The first-order valence-electron chi connectivity index (χ1n) is 4.75. The van der Waals surface area contributed by atoms with Gasteiger partial charge in [-0.25, -0.2) is 0 Å². The number of carbonyl (C=O) groups is 1. The molecule has 0 radical (unpaired) electrons. The maximum Gasteiger partial charge on any atom is 0.264 e. The Kier molecular flexibility index (Phi) is 4.08. The van der Waals surface area contributed by atoms with Crippen molar-refractivity contribution in [1.82, 2.24) is 4.90 Å². The molecule has 0 bridgehead atoms. The van der Waals surface area contributed by atoms with Gasteiger partial charge in [-0.2, -0.15) is 8.42 Å². The van der Waals surface area contributed by atoms with Crippen LogP contribution in [0.15, 0.2) is 23.9 Å². The highest BCUT2D eigenvalue weighted by Crippen LogP contribution is 2.07. The van der Waals surface area contributed by atoms with E-state index in [1.54, 1.807) is 23.3 Å². The lowest BCUT2D eigenvalue weighted by molar-refractivity contribution is -0.114. The summed E-state index contributed by atoms with van der Waals surface area (Å²) in [4.78, 5) is 12.7. The highest BCUT2D eigenvalue weighted by Gasteiger charge is 2.12. The van der Waals surface area contributed by atoms with Crippen molar-refractivity contribution in [3.05, 3.63) is 23.9 Å². The average molecular weight is 246 g/mol. The molecule has 0 aromatic rings. The minimum atomic E-state index is -3.91. The molecule has 16 heavy (non-hydrogen) atoms. The Bertz CT molecular complexity index is 425. The van der Waals surface area contributed by atoms with Gasteiger partial charge in [0.2, 0.25) is 5.91 Å². The van der Waals surface area contributed by atoms with Gasteiger partial charge in [0.15, 0.2) is 0 Å². The SMILES string of the molecule is NC(=O)C1=CC=CN(CCCS(=O)(=O)O)C1. The fraction of sp³-hybridized carbons (Fsp3) is 0.444. The topological polar surface area (TPSA) is 101 Å². The molecular weight excluding hydrogens is 232 g/mol. The van der Waals surface area contributed by atoms with Gasteiger partial charge in [0.1, 0.15) is 0 Å². The van der Waals surface area contributed by atoms with Crippen molar-refractivity contribution in [2.45, 2.75) is 6.42 Å². The van der Waals surface area contributed by atoms with Crippen LogP contribution in [-0.4, -0.2) is 42.6 Å². The first-order valence-corrected chi connectivity index (χ1v) is 6.36. The number of hydrogen-bond donors (Lipinski definition) is 2. The van der Waals surface area contributed by atoms with Gasteiger partial charge in [-0.05, 0) is 18.7 Å². The lowest BCUT2D eigenvalue weighted by Gasteiger charge is -2.23. The zero-order valence-electron chi connectivity index (χ0n) is 8.67. The molecule has 1 aliphatic heterocycles. The van der Waals surface area contributed by atoms with E-state index in [9.17, 15) is 13.2 Å². The molecule has 90 valence electrons. The van der Waals surface area contributed by atoms with Crippen LogP contribution in [0.25, 0.3) is 0 Å². The van der Waals surface area contributed by atoms with Crippen LogP contribution in [0.1, 0.15) is 6.42 Å². The molecule has 1 heterocycles. The number of carbonyl (C=O) groups excluding carboxylic acids is 1. The third-order valence-electron chi connectivity index (χ3n) is 2.13. The molecule has 0 saturated heterocycles. The molecule has 7 heteroatoms. The monoisotopic (exact) mass is 246 g/mol. The van der Waals surface area contributed by atoms with E-state index in [1.165, 1.54) is 0 Å². The molecule has 1 aliphatic rings. The second-order valence-electron chi connectivity index (χ2n) is 3.51. The van der Waals surface area contributed by atoms with Crippen molar-refractivity contribution in [3.63, 3.8) is 0 Å². The lowest BCUT2D eigenvalue weighted by atomic mass is 10.2. The lowest BCUT2D eigenvalue weighted by Crippen LogP contribution is -2.29. The zero-order valence-corrected chi connectivity index (χ0v) is 9.48. The first kappa shape index (κ1) is 12.7. The summed E-state index contributed by atoms with van der Waals surface area (Å²) in [5.74, 6) is -0.767. The van der Waals surface area contributed by atoms with Crippen molar-refractivity contribution >= 4 is 16.0 Å². The predicted octanol–water partition coefficient (Wildman–Crippen LogP) is -0.495. The standard InChI is InChI=1S/C9H14N2O4S/c10-9(12)8-3-1-4-11(7-8)5-2-6-16(13,14)15/h1,3-4H,2,5-7H2,(H2,10,12)(H,13,14,15). The van der Waals surface area contributed by atoms with Crippen LogP contribution in [0.2, 0.25) is 0 Å². The van der Waals surface area contributed by atoms with Crippen LogP contribution in [0.4, 0.5) is 0 Å². The minimum absolute atomic E-state index is 0.285. The first-order chi connectivity index (χ1) is 7.38. The average Bonchev–Trinajstić information content (AvgIpc) is 2.16. The number of allylic oxidation sites excluding steroid dienone is 2. The zero-order chi connectivity index (χ0) is 12.2. The third-order valence-corrected chi connectivity index (χ3v) is 2.94. The summed E-state index contributed by atoms with van der Waals surface area (Å²) in [7, 11) is -3.91. The summed E-state index contributed by atoms with van der Waals surface area (Å²) in [6.07, 6.45) is 5.35. The van der Waals surface area contributed by atoms with Gasteiger partial charge in [-0.1, -0.05) is 6.08 Å². The summed E-state index contributed by atoms with van der Waals surface area (Å²) >= 11 is 0. The number of amides is 1. The van der Waals surface area contributed by atoms with E-state index >= 15 is 0 Å². The smallest absolute Gasteiger partial charge is 0.264 e. The molecule has 1 amide bonds. The van der Waals surface area contributed by atoms with Crippen LogP contribution >= 0.6 is 0 Å². The molecule has 0 aliphatic carbocycles. The third kappa shape index (κ3) is 4.45. The van der Waals surface area contributed by atoms with Crippen molar-refractivity contribution < 1.29 is 17.8 Å². The van der Waals surface area contributed by atoms with Crippen molar-refractivity contribution in [2.24, 2.45) is 5.73 Å². The maximum absolute atomic E-state index is 10.9. The molecule has 0 spiro atoms. The highest BCUT2D eigenvalue weighted by atomic mass is 32.2. The highest BCUT2D eigenvalue weighted by molar-refractivity contribution is 7.85. The van der Waals surface area contributed by atoms with Gasteiger partial charge >= 0.3 is 0 Å². The van der Waals surface area contributed by atoms with E-state index in [-0.39, 0.29) is 5.75 Å². The van der Waals surface area contributed by atoms with Gasteiger partial charge < -0.3 is 10.6 Å². The number of primary amides is 1. The molecule has 0 fully saturated rings. The Morgan fingerprint density at radius 1 is 1.56 bits per heavy atom. The van der Waals surface area contributed by atoms with E-state index in [2.05, 4.69) is 0 Å². The Morgan fingerprint density at radius 2 is 2.25 bits per heavy atom. The van der Waals surface area contributed by atoms with Crippen LogP contribution < -0.4 is 5.73 Å². The van der Waals surface area contributed by atoms with Crippen molar-refractivity contribution in [3.8, 4) is 0 Å². The molecular formula is C9H14N2O4S. The molecule has 1 rings (SSSR count). The summed E-state index contributed by atoms with van der Waals surface area (Å²) in [6.45, 7) is 0.818. The molecule has 0 saturated carbocycles. The minimum Gasteiger partial charge on any atom is -0.373 e. The van der Waals surface area contributed by atoms with Crippen LogP contribution in [0.3, 0.4) is 0 Å². The van der Waals surface area contributed by atoms with Gasteiger partial charge in [0.25, 0.3) is 10.1 Å². The molecule has 0 aromatic carbocycles. The van der Waals surface area contributed by atoms with E-state index in [0.29, 0.717) is 25.1 Å². The Balaban J connectivity index is 2.39. The van der Waals surface area contributed by atoms with Gasteiger partial charge in [-0.15, -0.1) is 0 Å². The number of nitrogens with zero attached hydrogens (tertiary/aromatic N) is 1. The van der Waals surface area contributed by atoms with E-state index in [4.69, 9.17) is 10.3 Å². The Morgan fingerprint density at radius 3 is 2.81 bits per heavy atom. The van der Waals surface area contributed by atoms with Crippen LogP contribution in [0.5, 0.6) is 0 Å². The fourth-order valence-corrected chi connectivity index (χ4v) is 1.86.